The minimum atomic E-state index is 0.0405. The molecular weight excluding hydrogens is 338 g/mol. The number of rotatable bonds is 5. The number of aromatic nitrogens is 1. The van der Waals surface area contributed by atoms with Crippen LogP contribution < -0.4 is 9.47 Å². The van der Waals surface area contributed by atoms with Crippen molar-refractivity contribution in [3.8, 4) is 17.2 Å². The second kappa shape index (κ2) is 16.7. The average molecular weight is 374 g/mol. The van der Waals surface area contributed by atoms with Crippen molar-refractivity contribution in [1.82, 2.24) is 4.98 Å². The van der Waals surface area contributed by atoms with Crippen LogP contribution in [-0.2, 0) is 0 Å². The van der Waals surface area contributed by atoms with Crippen molar-refractivity contribution in [2.75, 3.05) is 14.2 Å². The van der Waals surface area contributed by atoms with Gasteiger partial charge in [0.1, 0.15) is 22.9 Å². The van der Waals surface area contributed by atoms with Crippen LogP contribution in [0.2, 0.25) is 0 Å². The fourth-order valence-electron chi connectivity index (χ4n) is 1.78. The lowest BCUT2D eigenvalue weighted by molar-refractivity contribution is 0.404. The van der Waals surface area contributed by atoms with Crippen LogP contribution in [0.25, 0.3) is 11.6 Å². The molecule has 1 heterocycles. The summed E-state index contributed by atoms with van der Waals surface area (Å²) in [5, 5.41) is 9.90. The van der Waals surface area contributed by atoms with Gasteiger partial charge in [0.05, 0.1) is 20.4 Å². The van der Waals surface area contributed by atoms with E-state index in [1.807, 2.05) is 71.9 Å². The number of hydrogen-bond donors (Lipinski definition) is 1. The molecule has 0 fully saturated rings. The van der Waals surface area contributed by atoms with Crippen molar-refractivity contribution in [2.45, 2.75) is 41.5 Å². The summed E-state index contributed by atoms with van der Waals surface area (Å²) in [5.41, 5.74) is 2.05. The van der Waals surface area contributed by atoms with Crippen LogP contribution in [0.4, 0.5) is 0 Å². The molecule has 0 spiro atoms. The molecule has 27 heavy (non-hydrogen) atoms. The molecule has 0 amide bonds. The number of nitrogens with zero attached hydrogens (tertiary/aromatic N) is 1. The Bertz CT molecular complexity index is 662. The maximum atomic E-state index is 9.90. The molecule has 0 radical (unpaired) electrons. The quantitative estimate of drug-likeness (QED) is 0.599. The lowest BCUT2D eigenvalue weighted by Gasteiger charge is -2.05. The van der Waals surface area contributed by atoms with Gasteiger partial charge in [-0.05, 0) is 23.3 Å². The molecule has 0 aliphatic heterocycles. The maximum absolute atomic E-state index is 9.90. The molecule has 1 aromatic carbocycles. The van der Waals surface area contributed by atoms with Crippen molar-refractivity contribution in [1.29, 1.82) is 0 Å². The summed E-state index contributed by atoms with van der Waals surface area (Å²) in [6, 6.07) is 9.14. The van der Waals surface area contributed by atoms with Gasteiger partial charge in [-0.2, -0.15) is 0 Å². The molecule has 2 rings (SSSR count). The number of aromatic hydroxyl groups is 1. The second-order valence-electron chi connectivity index (χ2n) is 4.37. The monoisotopic (exact) mass is 373 g/mol. The molecule has 0 aliphatic carbocycles. The number of ether oxygens (including phenoxy) is 2. The predicted molar refractivity (Wildman–Crippen MR) is 118 cm³/mol. The molecule has 4 nitrogen and oxygen atoms in total. The first kappa shape index (κ1) is 26.5. The third-order valence-electron chi connectivity index (χ3n) is 2.98. The summed E-state index contributed by atoms with van der Waals surface area (Å²) in [6.07, 6.45) is 5.24. The van der Waals surface area contributed by atoms with E-state index in [0.717, 1.165) is 11.3 Å². The Labute approximate surface area is 165 Å². The fraction of sp³-hybridized carbons (Fsp3) is 0.348. The van der Waals surface area contributed by atoms with Crippen molar-refractivity contribution >= 4 is 11.6 Å². The smallest absolute Gasteiger partial charge is 0.145 e. The largest absolute Gasteiger partial charge is 0.506 e. The molecule has 150 valence electrons. The first-order valence-electron chi connectivity index (χ1n) is 9.38. The predicted octanol–water partition coefficient (Wildman–Crippen LogP) is 6.61. The molecule has 1 N–H and O–H groups in total. The number of methoxy groups -OCH3 is 2. The molecular formula is C23H35NO3. The zero-order valence-corrected chi connectivity index (χ0v) is 18.0. The first-order chi connectivity index (χ1) is 13.1. The van der Waals surface area contributed by atoms with Crippen molar-refractivity contribution in [3.05, 3.63) is 60.4 Å². The normalized spacial score (nSPS) is 8.89. The van der Waals surface area contributed by atoms with E-state index in [4.69, 9.17) is 9.47 Å². The zero-order chi connectivity index (χ0) is 21.2. The third kappa shape index (κ3) is 9.50. The SMILES string of the molecule is C=C(/C=C/c1ccc(OC)cc1)c1ncc(OC)cc1O.CC.CC.CC. The average Bonchev–Trinajstić information content (AvgIpc) is 2.76. The second-order valence-corrected chi connectivity index (χ2v) is 4.37. The van der Waals surface area contributed by atoms with Crippen LogP contribution in [0.1, 0.15) is 52.8 Å². The van der Waals surface area contributed by atoms with E-state index in [9.17, 15) is 5.11 Å². The van der Waals surface area contributed by atoms with Crippen molar-refractivity contribution in [3.63, 3.8) is 0 Å². The van der Waals surface area contributed by atoms with Crippen LogP contribution in [0.3, 0.4) is 0 Å². The highest BCUT2D eigenvalue weighted by Crippen LogP contribution is 2.26. The Kier molecular flexibility index (Phi) is 16.4. The highest BCUT2D eigenvalue weighted by molar-refractivity contribution is 5.78. The number of pyridine rings is 1. The van der Waals surface area contributed by atoms with Gasteiger partial charge in [-0.15, -0.1) is 0 Å². The van der Waals surface area contributed by atoms with E-state index in [1.165, 1.54) is 13.2 Å². The standard InChI is InChI=1S/C17H17NO3.3C2H6/c1-12(17-16(19)10-15(21-3)11-18-17)4-5-13-6-8-14(20-2)9-7-13;3*1-2/h4-11,19H,1H2,2-3H3;3*1-2H3/b5-4+;;;. The molecule has 1 aromatic heterocycles. The first-order valence-corrected chi connectivity index (χ1v) is 9.38. The molecule has 0 bridgehead atoms. The lowest BCUT2D eigenvalue weighted by atomic mass is 10.1. The van der Waals surface area contributed by atoms with E-state index >= 15 is 0 Å². The van der Waals surface area contributed by atoms with E-state index < -0.39 is 0 Å². The van der Waals surface area contributed by atoms with Crippen LogP contribution in [0, 0.1) is 0 Å². The number of hydrogen-bond acceptors (Lipinski definition) is 4. The molecule has 2 aromatic rings. The number of benzene rings is 1. The van der Waals surface area contributed by atoms with Gasteiger partial charge in [0.15, 0.2) is 0 Å². The summed E-state index contributed by atoms with van der Waals surface area (Å²) in [4.78, 5) is 4.14. The Morgan fingerprint density at radius 3 is 1.89 bits per heavy atom. The van der Waals surface area contributed by atoms with Crippen molar-refractivity contribution in [2.24, 2.45) is 0 Å². The maximum Gasteiger partial charge on any atom is 0.145 e. The van der Waals surface area contributed by atoms with Gasteiger partial charge in [0.2, 0.25) is 0 Å². The van der Waals surface area contributed by atoms with E-state index in [1.54, 1.807) is 19.4 Å². The van der Waals surface area contributed by atoms with Crippen LogP contribution in [0.15, 0.2) is 49.2 Å². The van der Waals surface area contributed by atoms with E-state index in [2.05, 4.69) is 11.6 Å². The Balaban J connectivity index is 0. The van der Waals surface area contributed by atoms with Gasteiger partial charge in [0.25, 0.3) is 0 Å². The van der Waals surface area contributed by atoms with Gasteiger partial charge >= 0.3 is 0 Å². The molecule has 0 aliphatic rings. The minimum Gasteiger partial charge on any atom is -0.506 e. The highest BCUT2D eigenvalue weighted by atomic mass is 16.5. The summed E-state index contributed by atoms with van der Waals surface area (Å²) in [5.74, 6) is 1.35. The summed E-state index contributed by atoms with van der Waals surface area (Å²) in [7, 11) is 3.15. The molecule has 0 saturated carbocycles. The van der Waals surface area contributed by atoms with E-state index in [0.29, 0.717) is 17.0 Å². The van der Waals surface area contributed by atoms with E-state index in [-0.39, 0.29) is 5.75 Å². The van der Waals surface area contributed by atoms with Gasteiger partial charge < -0.3 is 14.6 Å². The van der Waals surface area contributed by atoms with Gasteiger partial charge in [-0.3, -0.25) is 0 Å². The summed E-state index contributed by atoms with van der Waals surface area (Å²) in [6.45, 7) is 15.9. The van der Waals surface area contributed by atoms with Crippen molar-refractivity contribution < 1.29 is 14.6 Å². The lowest BCUT2D eigenvalue weighted by Crippen LogP contribution is -1.90. The van der Waals surface area contributed by atoms with Gasteiger partial charge in [0, 0.05) is 6.07 Å². The van der Waals surface area contributed by atoms with Gasteiger partial charge in [-0.25, -0.2) is 4.98 Å². The summed E-state index contributed by atoms with van der Waals surface area (Å²) < 4.78 is 10.1. The van der Waals surface area contributed by atoms with Gasteiger partial charge in [-0.1, -0.05) is 72.4 Å². The Morgan fingerprint density at radius 1 is 0.926 bits per heavy atom. The highest BCUT2D eigenvalue weighted by Gasteiger charge is 2.06. The number of allylic oxidation sites excluding steroid dienone is 2. The minimum absolute atomic E-state index is 0.0405. The zero-order valence-electron chi connectivity index (χ0n) is 18.0. The Hall–Kier alpha value is -2.75. The Morgan fingerprint density at radius 2 is 1.44 bits per heavy atom. The van der Waals surface area contributed by atoms with Crippen LogP contribution in [0.5, 0.6) is 17.2 Å². The van der Waals surface area contributed by atoms with Crippen LogP contribution in [-0.4, -0.2) is 24.3 Å². The summed E-state index contributed by atoms with van der Waals surface area (Å²) >= 11 is 0. The fourth-order valence-corrected chi connectivity index (χ4v) is 1.78. The molecule has 0 atom stereocenters. The third-order valence-corrected chi connectivity index (χ3v) is 2.98. The molecule has 0 unspecified atom stereocenters. The molecule has 0 saturated heterocycles. The molecule has 4 heteroatoms. The van der Waals surface area contributed by atoms with Crippen LogP contribution >= 0.6 is 0 Å². The topological polar surface area (TPSA) is 51.6 Å².